The molecule has 0 heterocycles. The lowest BCUT2D eigenvalue weighted by Gasteiger charge is -2.19. The van der Waals surface area contributed by atoms with E-state index >= 15 is 0 Å². The van der Waals surface area contributed by atoms with E-state index in [2.05, 4.69) is 0 Å². The monoisotopic (exact) mass is 170 g/mol. The van der Waals surface area contributed by atoms with Crippen molar-refractivity contribution in [2.24, 2.45) is 5.41 Å². The van der Waals surface area contributed by atoms with Crippen LogP contribution in [0.5, 0.6) is 0 Å². The summed E-state index contributed by atoms with van der Waals surface area (Å²) < 4.78 is 4.93. The molecular formula is C10H18O2. The van der Waals surface area contributed by atoms with Crippen LogP contribution in [0.4, 0.5) is 0 Å². The van der Waals surface area contributed by atoms with Crippen LogP contribution in [0.25, 0.3) is 0 Å². The summed E-state index contributed by atoms with van der Waals surface area (Å²) in [5.74, 6) is -0.122. The molecule has 0 aliphatic carbocycles. The third kappa shape index (κ3) is 3.56. The molecule has 0 radical (unpaired) electrons. The van der Waals surface area contributed by atoms with Gasteiger partial charge in [0.25, 0.3) is 0 Å². The van der Waals surface area contributed by atoms with E-state index in [1.165, 1.54) is 0 Å². The van der Waals surface area contributed by atoms with Gasteiger partial charge in [-0.2, -0.15) is 0 Å². The zero-order valence-corrected chi connectivity index (χ0v) is 8.39. The Hall–Kier alpha value is -0.790. The van der Waals surface area contributed by atoms with Gasteiger partial charge >= 0.3 is 5.97 Å². The second-order valence-corrected chi connectivity index (χ2v) is 3.38. The zero-order chi connectivity index (χ0) is 9.61. The van der Waals surface area contributed by atoms with Crippen molar-refractivity contribution in [1.82, 2.24) is 0 Å². The molecule has 0 N–H and O–H groups in total. The summed E-state index contributed by atoms with van der Waals surface area (Å²) in [5.41, 5.74) is -0.386. The average molecular weight is 170 g/mol. The van der Waals surface area contributed by atoms with Crippen molar-refractivity contribution in [3.63, 3.8) is 0 Å². The van der Waals surface area contributed by atoms with Crippen molar-refractivity contribution in [1.29, 1.82) is 0 Å². The first-order chi connectivity index (χ1) is 5.54. The summed E-state index contributed by atoms with van der Waals surface area (Å²) in [6, 6.07) is 0. The number of rotatable bonds is 4. The molecule has 0 amide bonds. The standard InChI is InChI=1S/C10H18O2/c1-5-7-8-10(3,4)9(11)12-6-2/h5,7H,6,8H2,1-4H3/b7-5+. The van der Waals surface area contributed by atoms with E-state index in [9.17, 15) is 4.79 Å². The summed E-state index contributed by atoms with van der Waals surface area (Å²) in [7, 11) is 0. The SMILES string of the molecule is C/C=C/CC(C)(C)C(=O)OCC. The third-order valence-electron chi connectivity index (χ3n) is 1.69. The highest BCUT2D eigenvalue weighted by Gasteiger charge is 2.27. The fourth-order valence-corrected chi connectivity index (χ4v) is 0.822. The Morgan fingerprint density at radius 2 is 2.08 bits per heavy atom. The summed E-state index contributed by atoms with van der Waals surface area (Å²) in [5, 5.41) is 0. The van der Waals surface area contributed by atoms with Crippen LogP contribution in [0.3, 0.4) is 0 Å². The second-order valence-electron chi connectivity index (χ2n) is 3.38. The van der Waals surface area contributed by atoms with Crippen molar-refractivity contribution in [3.05, 3.63) is 12.2 Å². The van der Waals surface area contributed by atoms with Crippen molar-refractivity contribution in [2.45, 2.75) is 34.1 Å². The molecule has 0 aliphatic rings. The molecule has 0 aromatic rings. The topological polar surface area (TPSA) is 26.3 Å². The lowest BCUT2D eigenvalue weighted by atomic mass is 9.89. The molecule has 12 heavy (non-hydrogen) atoms. The van der Waals surface area contributed by atoms with Gasteiger partial charge in [0.05, 0.1) is 12.0 Å². The van der Waals surface area contributed by atoms with E-state index in [4.69, 9.17) is 4.74 Å². The number of carbonyl (C=O) groups excluding carboxylic acids is 1. The molecule has 0 spiro atoms. The molecule has 2 heteroatoms. The predicted octanol–water partition coefficient (Wildman–Crippen LogP) is 2.54. The maximum atomic E-state index is 11.3. The van der Waals surface area contributed by atoms with Gasteiger partial charge in [-0.05, 0) is 34.1 Å². The summed E-state index contributed by atoms with van der Waals surface area (Å²) in [6.07, 6.45) is 4.67. The lowest BCUT2D eigenvalue weighted by Crippen LogP contribution is -2.25. The highest BCUT2D eigenvalue weighted by Crippen LogP contribution is 2.22. The Morgan fingerprint density at radius 3 is 2.50 bits per heavy atom. The molecule has 0 unspecified atom stereocenters. The molecule has 0 fully saturated rings. The Labute approximate surface area is 74.6 Å². The van der Waals surface area contributed by atoms with Crippen LogP contribution in [-0.2, 0) is 9.53 Å². The minimum atomic E-state index is -0.386. The molecule has 0 bridgehead atoms. The van der Waals surface area contributed by atoms with E-state index in [1.807, 2.05) is 39.8 Å². The van der Waals surface area contributed by atoms with E-state index < -0.39 is 0 Å². The maximum Gasteiger partial charge on any atom is 0.311 e. The van der Waals surface area contributed by atoms with E-state index in [0.717, 1.165) is 6.42 Å². The normalized spacial score (nSPS) is 12.0. The van der Waals surface area contributed by atoms with Crippen LogP contribution in [0.15, 0.2) is 12.2 Å². The van der Waals surface area contributed by atoms with E-state index in [1.54, 1.807) is 0 Å². The quantitative estimate of drug-likeness (QED) is 0.478. The maximum absolute atomic E-state index is 11.3. The Bertz CT molecular complexity index is 169. The summed E-state index contributed by atoms with van der Waals surface area (Å²) in [6.45, 7) is 8.01. The number of hydrogen-bond acceptors (Lipinski definition) is 2. The third-order valence-corrected chi connectivity index (χ3v) is 1.69. The summed E-state index contributed by atoms with van der Waals surface area (Å²) >= 11 is 0. The highest BCUT2D eigenvalue weighted by molar-refractivity contribution is 5.76. The van der Waals surface area contributed by atoms with Gasteiger partial charge < -0.3 is 4.74 Å². The van der Waals surface area contributed by atoms with Gasteiger partial charge in [0.2, 0.25) is 0 Å². The number of hydrogen-bond donors (Lipinski definition) is 0. The molecule has 0 atom stereocenters. The average Bonchev–Trinajstić information content (AvgIpc) is 2.01. The lowest BCUT2D eigenvalue weighted by molar-refractivity contribution is -0.153. The Kier molecular flexibility index (Phi) is 4.64. The largest absolute Gasteiger partial charge is 0.466 e. The van der Waals surface area contributed by atoms with Crippen LogP contribution in [-0.4, -0.2) is 12.6 Å². The summed E-state index contributed by atoms with van der Waals surface area (Å²) in [4.78, 5) is 11.3. The molecule has 0 aliphatic heterocycles. The van der Waals surface area contributed by atoms with Crippen LogP contribution < -0.4 is 0 Å². The molecule has 70 valence electrons. The van der Waals surface area contributed by atoms with E-state index in [0.29, 0.717) is 6.61 Å². The smallest absolute Gasteiger partial charge is 0.311 e. The number of ether oxygens (including phenoxy) is 1. The number of esters is 1. The van der Waals surface area contributed by atoms with Gasteiger partial charge in [0.1, 0.15) is 0 Å². The van der Waals surface area contributed by atoms with Gasteiger partial charge in [0.15, 0.2) is 0 Å². The fourth-order valence-electron chi connectivity index (χ4n) is 0.822. The minimum Gasteiger partial charge on any atom is -0.466 e. The molecule has 0 aromatic carbocycles. The molecule has 0 rings (SSSR count). The molecular weight excluding hydrogens is 152 g/mol. The van der Waals surface area contributed by atoms with Gasteiger partial charge in [-0.1, -0.05) is 12.2 Å². The molecule has 0 aromatic heterocycles. The van der Waals surface area contributed by atoms with Crippen LogP contribution in [0.1, 0.15) is 34.1 Å². The first-order valence-corrected chi connectivity index (χ1v) is 4.33. The Balaban J connectivity index is 4.08. The fraction of sp³-hybridized carbons (Fsp3) is 0.700. The van der Waals surface area contributed by atoms with Gasteiger partial charge in [-0.15, -0.1) is 0 Å². The van der Waals surface area contributed by atoms with Crippen LogP contribution in [0.2, 0.25) is 0 Å². The molecule has 2 nitrogen and oxygen atoms in total. The first-order valence-electron chi connectivity index (χ1n) is 4.33. The van der Waals surface area contributed by atoms with Crippen LogP contribution in [0, 0.1) is 5.41 Å². The highest BCUT2D eigenvalue weighted by atomic mass is 16.5. The van der Waals surface area contributed by atoms with Crippen molar-refractivity contribution in [3.8, 4) is 0 Å². The number of carbonyl (C=O) groups is 1. The van der Waals surface area contributed by atoms with Crippen molar-refractivity contribution in [2.75, 3.05) is 6.61 Å². The van der Waals surface area contributed by atoms with Gasteiger partial charge in [0, 0.05) is 0 Å². The van der Waals surface area contributed by atoms with Crippen molar-refractivity contribution < 1.29 is 9.53 Å². The molecule has 0 saturated heterocycles. The molecule has 0 saturated carbocycles. The van der Waals surface area contributed by atoms with Crippen LogP contribution >= 0.6 is 0 Å². The van der Waals surface area contributed by atoms with Crippen molar-refractivity contribution >= 4 is 5.97 Å². The van der Waals surface area contributed by atoms with E-state index in [-0.39, 0.29) is 11.4 Å². The van der Waals surface area contributed by atoms with Gasteiger partial charge in [-0.3, -0.25) is 4.79 Å². The second kappa shape index (κ2) is 4.96. The first kappa shape index (κ1) is 11.2. The Morgan fingerprint density at radius 1 is 1.50 bits per heavy atom. The predicted molar refractivity (Wildman–Crippen MR) is 49.8 cm³/mol. The number of allylic oxidation sites excluding steroid dienone is 2. The zero-order valence-electron chi connectivity index (χ0n) is 8.39. The van der Waals surface area contributed by atoms with Gasteiger partial charge in [-0.25, -0.2) is 0 Å². The minimum absolute atomic E-state index is 0.122.